The van der Waals surface area contributed by atoms with Crippen LogP contribution in [0.4, 0.5) is 0 Å². The molecule has 0 aliphatic heterocycles. The normalized spacial score (nSPS) is 25.6. The van der Waals surface area contributed by atoms with Gasteiger partial charge < -0.3 is 0 Å². The van der Waals surface area contributed by atoms with Crippen molar-refractivity contribution in [2.75, 3.05) is 0 Å². The summed E-state index contributed by atoms with van der Waals surface area (Å²) in [4.78, 5) is 0. The van der Waals surface area contributed by atoms with E-state index in [0.717, 1.165) is 6.42 Å². The highest BCUT2D eigenvalue weighted by Crippen LogP contribution is 2.15. The van der Waals surface area contributed by atoms with Crippen LogP contribution in [0.3, 0.4) is 0 Å². The van der Waals surface area contributed by atoms with Crippen molar-refractivity contribution < 1.29 is 0 Å². The highest BCUT2D eigenvalue weighted by Gasteiger charge is 1.96. The van der Waals surface area contributed by atoms with Crippen LogP contribution in [0.25, 0.3) is 0 Å². The average molecular weight is 414 g/mol. The van der Waals surface area contributed by atoms with Gasteiger partial charge in [-0.25, -0.2) is 0 Å². The second-order valence-corrected chi connectivity index (χ2v) is 9.50. The lowest BCUT2D eigenvalue weighted by molar-refractivity contribution is 0.518. The van der Waals surface area contributed by atoms with E-state index in [-0.39, 0.29) is 0 Å². The predicted molar refractivity (Wildman–Crippen MR) is 137 cm³/mol. The first-order valence-electron chi connectivity index (χ1n) is 13.9. The van der Waals surface area contributed by atoms with Gasteiger partial charge in [0, 0.05) is 0 Å². The van der Waals surface area contributed by atoms with E-state index in [1.165, 1.54) is 148 Å². The number of hydrogen-bond donors (Lipinski definition) is 0. The van der Waals surface area contributed by atoms with Crippen LogP contribution in [0.5, 0.6) is 0 Å². The van der Waals surface area contributed by atoms with Gasteiger partial charge in [0.2, 0.25) is 0 Å². The van der Waals surface area contributed by atoms with E-state index in [4.69, 9.17) is 0 Å². The molecule has 0 atom stereocenters. The fourth-order valence-corrected chi connectivity index (χ4v) is 4.47. The molecule has 1 rings (SSSR count). The van der Waals surface area contributed by atoms with Crippen molar-refractivity contribution in [3.05, 3.63) is 36.5 Å². The maximum Gasteiger partial charge on any atom is -0.0276 e. The molecule has 0 saturated carbocycles. The molecule has 0 aromatic rings. The minimum Gasteiger partial charge on any atom is -0.0845 e. The van der Waals surface area contributed by atoms with E-state index in [2.05, 4.69) is 36.5 Å². The third-order valence-corrected chi connectivity index (χ3v) is 6.51. The Kier molecular flexibility index (Phi) is 22.2. The Bertz CT molecular complexity index is 362. The van der Waals surface area contributed by atoms with E-state index in [9.17, 15) is 0 Å². The summed E-state index contributed by atoms with van der Waals surface area (Å²) in [6.45, 7) is 0. The molecule has 0 N–H and O–H groups in total. The molecule has 1 radical (unpaired) electrons. The Morgan fingerprint density at radius 3 is 1.13 bits per heavy atom. The van der Waals surface area contributed by atoms with Crippen LogP contribution in [-0.2, 0) is 0 Å². The van der Waals surface area contributed by atoms with Crippen LogP contribution in [-0.4, -0.2) is 0 Å². The van der Waals surface area contributed by atoms with Gasteiger partial charge in [0.1, 0.15) is 0 Å². The third kappa shape index (κ3) is 21.9. The van der Waals surface area contributed by atoms with Gasteiger partial charge in [-0.3, -0.25) is 0 Å². The molecule has 0 unspecified atom stereocenters. The van der Waals surface area contributed by atoms with Crippen LogP contribution >= 0.6 is 0 Å². The van der Waals surface area contributed by atoms with Gasteiger partial charge in [-0.05, 0) is 31.8 Å². The van der Waals surface area contributed by atoms with Gasteiger partial charge in [0.05, 0.1) is 0 Å². The molecule has 0 aromatic carbocycles. The molecular weight excluding hydrogens is 360 g/mol. The topological polar surface area (TPSA) is 0 Å². The lowest BCUT2D eigenvalue weighted by Gasteiger charge is -2.04. The smallest absolute Gasteiger partial charge is 0.0276 e. The van der Waals surface area contributed by atoms with Gasteiger partial charge in [-0.15, -0.1) is 0 Å². The molecule has 1 aliphatic rings. The highest BCUT2D eigenvalue weighted by atomic mass is 14.0. The molecule has 0 heterocycles. The maximum atomic E-state index is 3.42. The van der Waals surface area contributed by atoms with Crippen molar-refractivity contribution in [3.8, 4) is 0 Å². The molecule has 0 bridgehead atoms. The summed E-state index contributed by atoms with van der Waals surface area (Å²) >= 11 is 0. The van der Waals surface area contributed by atoms with Gasteiger partial charge in [0.25, 0.3) is 0 Å². The second kappa shape index (κ2) is 24.5. The molecule has 0 saturated heterocycles. The summed E-state index contributed by atoms with van der Waals surface area (Å²) in [5, 5.41) is 0. The number of rotatable bonds is 0. The quantitative estimate of drug-likeness (QED) is 0.370. The minimum absolute atomic E-state index is 1.12. The van der Waals surface area contributed by atoms with Crippen LogP contribution in [0.15, 0.2) is 30.4 Å². The Balaban J connectivity index is 2.11. The van der Waals surface area contributed by atoms with Crippen molar-refractivity contribution in [2.24, 2.45) is 0 Å². The molecule has 0 amide bonds. The molecule has 30 heavy (non-hydrogen) atoms. The Labute approximate surface area is 190 Å². The van der Waals surface area contributed by atoms with Crippen molar-refractivity contribution in [2.45, 2.75) is 154 Å². The second-order valence-electron chi connectivity index (χ2n) is 9.50. The van der Waals surface area contributed by atoms with Gasteiger partial charge in [0.15, 0.2) is 0 Å². The van der Waals surface area contributed by atoms with E-state index < -0.39 is 0 Å². The SMILES string of the molecule is [C]1=C/C=C/C=C\CCCCCCCCCCCCCCCCCCCCCCCC/1. The van der Waals surface area contributed by atoms with Gasteiger partial charge >= 0.3 is 0 Å². The highest BCUT2D eigenvalue weighted by molar-refractivity contribution is 5.09. The summed E-state index contributed by atoms with van der Waals surface area (Å²) < 4.78 is 0. The lowest BCUT2D eigenvalue weighted by atomic mass is 10.0. The van der Waals surface area contributed by atoms with Crippen molar-refractivity contribution in [1.82, 2.24) is 0 Å². The first-order chi connectivity index (χ1) is 15.0. The average Bonchev–Trinajstić information content (AvgIpc) is 2.76. The Hall–Kier alpha value is -0.780. The monoisotopic (exact) mass is 413 g/mol. The third-order valence-electron chi connectivity index (χ3n) is 6.51. The Morgan fingerprint density at radius 2 is 0.700 bits per heavy atom. The van der Waals surface area contributed by atoms with Crippen LogP contribution in [0.2, 0.25) is 0 Å². The van der Waals surface area contributed by atoms with Crippen molar-refractivity contribution in [3.63, 3.8) is 0 Å². The van der Waals surface area contributed by atoms with E-state index in [1.54, 1.807) is 0 Å². The largest absolute Gasteiger partial charge is 0.0845 e. The number of allylic oxidation sites excluding steroid dienone is 6. The van der Waals surface area contributed by atoms with Crippen molar-refractivity contribution in [1.29, 1.82) is 0 Å². The minimum atomic E-state index is 1.12. The first-order valence-corrected chi connectivity index (χ1v) is 13.9. The van der Waals surface area contributed by atoms with E-state index in [1.807, 2.05) is 0 Å². The number of hydrogen-bond acceptors (Lipinski definition) is 0. The van der Waals surface area contributed by atoms with Gasteiger partial charge in [-0.1, -0.05) is 159 Å². The van der Waals surface area contributed by atoms with Gasteiger partial charge in [-0.2, -0.15) is 0 Å². The molecule has 0 spiro atoms. The summed E-state index contributed by atoms with van der Waals surface area (Å²) in [6, 6.07) is 0. The standard InChI is InChI=1S/C30H53/c1-2-4-6-8-10-12-14-16-18-20-22-24-26-28-30-29-27-25-23-21-19-17-15-13-11-9-7-5-3-1/h1-5H,6,8-30H2/b3-1+,4-2-,7-5?. The maximum absolute atomic E-state index is 3.42. The van der Waals surface area contributed by atoms with Crippen LogP contribution in [0, 0.1) is 6.08 Å². The summed E-state index contributed by atoms with van der Waals surface area (Å²) in [7, 11) is 0. The van der Waals surface area contributed by atoms with Crippen LogP contribution < -0.4 is 0 Å². The van der Waals surface area contributed by atoms with Crippen LogP contribution in [0.1, 0.15) is 154 Å². The molecule has 0 fully saturated rings. The molecule has 173 valence electrons. The molecule has 1 aliphatic carbocycles. The predicted octanol–water partition coefficient (Wildman–Crippen LogP) is 10.8. The lowest BCUT2D eigenvalue weighted by Crippen LogP contribution is -1.84. The summed E-state index contributed by atoms with van der Waals surface area (Å²) in [5.74, 6) is 0. The summed E-state index contributed by atoms with van der Waals surface area (Å²) in [5.41, 5.74) is 0. The first kappa shape index (κ1) is 27.3. The fraction of sp³-hybridized carbons (Fsp3) is 0.800. The van der Waals surface area contributed by atoms with E-state index in [0.29, 0.717) is 0 Å². The van der Waals surface area contributed by atoms with Crippen molar-refractivity contribution >= 4 is 0 Å². The fourth-order valence-electron chi connectivity index (χ4n) is 4.47. The molecule has 0 nitrogen and oxygen atoms in total. The molecule has 0 aromatic heterocycles. The zero-order valence-electron chi connectivity index (χ0n) is 20.4. The zero-order chi connectivity index (χ0) is 21.2. The molecular formula is C30H53. The zero-order valence-corrected chi connectivity index (χ0v) is 20.4. The Morgan fingerprint density at radius 1 is 0.333 bits per heavy atom. The molecule has 0 heteroatoms. The van der Waals surface area contributed by atoms with E-state index >= 15 is 0 Å². The summed E-state index contributed by atoms with van der Waals surface area (Å²) in [6.07, 6.45) is 48.5.